The van der Waals surface area contributed by atoms with Gasteiger partial charge in [0, 0.05) is 12.2 Å². The van der Waals surface area contributed by atoms with Gasteiger partial charge in [-0.2, -0.15) is 0 Å². The summed E-state index contributed by atoms with van der Waals surface area (Å²) in [6.45, 7) is 2.74. The van der Waals surface area contributed by atoms with E-state index in [1.807, 2.05) is 11.5 Å². The Labute approximate surface area is 132 Å². The Morgan fingerprint density at radius 1 is 1.32 bits per heavy atom. The van der Waals surface area contributed by atoms with E-state index >= 15 is 0 Å². The summed E-state index contributed by atoms with van der Waals surface area (Å²) in [7, 11) is 1.32. The largest absolute Gasteiger partial charge is 0.465 e. The zero-order valence-electron chi connectivity index (χ0n) is 12.3. The van der Waals surface area contributed by atoms with E-state index in [0.717, 1.165) is 6.54 Å². The van der Waals surface area contributed by atoms with Crippen LogP contribution in [0.3, 0.4) is 0 Å². The zero-order valence-corrected chi connectivity index (χ0v) is 13.1. The maximum absolute atomic E-state index is 11.9. The van der Waals surface area contributed by atoms with Crippen LogP contribution in [-0.4, -0.2) is 39.5 Å². The molecule has 0 spiro atoms. The summed E-state index contributed by atoms with van der Waals surface area (Å²) in [6, 6.07) is 6.51. The minimum Gasteiger partial charge on any atom is -0.465 e. The number of anilines is 1. The minimum atomic E-state index is -0.410. The number of hydrogen-bond donors (Lipinski definition) is 1. The standard InChI is InChI=1S/C14H16N4O3S/c1-3-18-9-15-17-14(18)22-8-12(19)16-11-6-4-10(5-7-11)13(20)21-2/h4-7,9H,3,8H2,1-2H3,(H,16,19). The minimum absolute atomic E-state index is 0.151. The van der Waals surface area contributed by atoms with Crippen molar-refractivity contribution >= 4 is 29.3 Å². The molecule has 0 saturated heterocycles. The fourth-order valence-corrected chi connectivity index (χ4v) is 2.49. The summed E-state index contributed by atoms with van der Waals surface area (Å²) in [6.07, 6.45) is 1.63. The van der Waals surface area contributed by atoms with E-state index in [9.17, 15) is 9.59 Å². The van der Waals surface area contributed by atoms with Crippen molar-refractivity contribution in [2.24, 2.45) is 0 Å². The first-order valence-corrected chi connectivity index (χ1v) is 7.61. The molecule has 0 bridgehead atoms. The quantitative estimate of drug-likeness (QED) is 0.645. The number of methoxy groups -OCH3 is 1. The van der Waals surface area contributed by atoms with Crippen molar-refractivity contribution in [2.45, 2.75) is 18.6 Å². The van der Waals surface area contributed by atoms with Crippen LogP contribution in [-0.2, 0) is 16.1 Å². The lowest BCUT2D eigenvalue weighted by Crippen LogP contribution is -2.14. The van der Waals surface area contributed by atoms with Crippen LogP contribution >= 0.6 is 11.8 Å². The van der Waals surface area contributed by atoms with E-state index in [2.05, 4.69) is 20.3 Å². The molecule has 1 heterocycles. The summed E-state index contributed by atoms with van der Waals surface area (Å²) in [5.74, 6) is -0.328. The molecule has 0 aliphatic carbocycles. The zero-order chi connectivity index (χ0) is 15.9. The van der Waals surface area contributed by atoms with Gasteiger partial charge in [0.1, 0.15) is 6.33 Å². The number of thioether (sulfide) groups is 1. The van der Waals surface area contributed by atoms with E-state index in [4.69, 9.17) is 0 Å². The molecule has 116 valence electrons. The maximum atomic E-state index is 11.9. The Kier molecular flexibility index (Phi) is 5.54. The number of aromatic nitrogens is 3. The highest BCUT2D eigenvalue weighted by Gasteiger charge is 2.09. The van der Waals surface area contributed by atoms with E-state index in [-0.39, 0.29) is 11.7 Å². The predicted molar refractivity (Wildman–Crippen MR) is 82.8 cm³/mol. The van der Waals surface area contributed by atoms with E-state index in [1.54, 1.807) is 30.6 Å². The van der Waals surface area contributed by atoms with Crippen LogP contribution in [0, 0.1) is 0 Å². The summed E-state index contributed by atoms with van der Waals surface area (Å²) >= 11 is 1.32. The highest BCUT2D eigenvalue weighted by molar-refractivity contribution is 7.99. The van der Waals surface area contributed by atoms with E-state index in [1.165, 1.54) is 18.9 Å². The number of nitrogens with zero attached hydrogens (tertiary/aromatic N) is 3. The number of aryl methyl sites for hydroxylation is 1. The molecule has 1 amide bonds. The lowest BCUT2D eigenvalue weighted by Gasteiger charge is -2.06. The topological polar surface area (TPSA) is 86.1 Å². The molecule has 1 N–H and O–H groups in total. The van der Waals surface area contributed by atoms with Crippen molar-refractivity contribution in [1.29, 1.82) is 0 Å². The van der Waals surface area contributed by atoms with Gasteiger partial charge in [0.15, 0.2) is 5.16 Å². The Morgan fingerprint density at radius 2 is 2.05 bits per heavy atom. The Balaban J connectivity index is 1.88. The van der Waals surface area contributed by atoms with Crippen molar-refractivity contribution in [2.75, 3.05) is 18.2 Å². The van der Waals surface area contributed by atoms with Gasteiger partial charge in [0.2, 0.25) is 5.91 Å². The van der Waals surface area contributed by atoms with Crippen LogP contribution < -0.4 is 5.32 Å². The van der Waals surface area contributed by atoms with Gasteiger partial charge in [0.25, 0.3) is 0 Å². The Bertz CT molecular complexity index is 654. The summed E-state index contributed by atoms with van der Waals surface area (Å²) in [5.41, 5.74) is 1.06. The van der Waals surface area contributed by atoms with Gasteiger partial charge >= 0.3 is 5.97 Å². The molecule has 8 heteroatoms. The third-order valence-corrected chi connectivity index (χ3v) is 3.82. The molecule has 1 aromatic carbocycles. The third kappa shape index (κ3) is 4.08. The first-order valence-electron chi connectivity index (χ1n) is 6.63. The van der Waals surface area contributed by atoms with Crippen LogP contribution in [0.25, 0.3) is 0 Å². The second-order valence-corrected chi connectivity index (χ2v) is 5.25. The molecule has 0 aliphatic heterocycles. The molecule has 0 saturated carbocycles. The summed E-state index contributed by atoms with van der Waals surface area (Å²) in [5, 5.41) is 11.2. The number of esters is 1. The highest BCUT2D eigenvalue weighted by Crippen LogP contribution is 2.16. The summed E-state index contributed by atoms with van der Waals surface area (Å²) < 4.78 is 6.48. The lowest BCUT2D eigenvalue weighted by atomic mass is 10.2. The molecule has 22 heavy (non-hydrogen) atoms. The van der Waals surface area contributed by atoms with Crippen LogP contribution in [0.5, 0.6) is 0 Å². The number of carbonyl (C=O) groups is 2. The van der Waals surface area contributed by atoms with Gasteiger partial charge in [0.05, 0.1) is 18.4 Å². The van der Waals surface area contributed by atoms with Crippen LogP contribution in [0.2, 0.25) is 0 Å². The molecule has 2 rings (SSSR count). The molecule has 2 aromatic rings. The van der Waals surface area contributed by atoms with Crippen LogP contribution in [0.15, 0.2) is 35.7 Å². The molecule has 0 atom stereocenters. The number of ether oxygens (including phenoxy) is 1. The Hall–Kier alpha value is -2.35. The molecular formula is C14H16N4O3S. The summed E-state index contributed by atoms with van der Waals surface area (Å²) in [4.78, 5) is 23.2. The number of benzene rings is 1. The van der Waals surface area contributed by atoms with Gasteiger partial charge in [-0.15, -0.1) is 10.2 Å². The molecule has 7 nitrogen and oxygen atoms in total. The molecule has 0 radical (unpaired) electrons. The van der Waals surface area contributed by atoms with Gasteiger partial charge < -0.3 is 14.6 Å². The Morgan fingerprint density at radius 3 is 2.68 bits per heavy atom. The van der Waals surface area contributed by atoms with E-state index < -0.39 is 5.97 Å². The average molecular weight is 320 g/mol. The predicted octanol–water partition coefficient (Wildman–Crippen LogP) is 1.82. The van der Waals surface area contributed by atoms with Crippen molar-refractivity contribution < 1.29 is 14.3 Å². The van der Waals surface area contributed by atoms with Crippen molar-refractivity contribution in [1.82, 2.24) is 14.8 Å². The normalized spacial score (nSPS) is 10.3. The lowest BCUT2D eigenvalue weighted by molar-refractivity contribution is -0.113. The number of amides is 1. The monoisotopic (exact) mass is 320 g/mol. The average Bonchev–Trinajstić information content (AvgIpc) is 3.00. The van der Waals surface area contributed by atoms with Gasteiger partial charge in [-0.1, -0.05) is 11.8 Å². The molecular weight excluding hydrogens is 304 g/mol. The third-order valence-electron chi connectivity index (χ3n) is 2.84. The number of carbonyl (C=O) groups excluding carboxylic acids is 2. The first kappa shape index (κ1) is 16.0. The van der Waals surface area contributed by atoms with Crippen molar-refractivity contribution in [3.8, 4) is 0 Å². The van der Waals surface area contributed by atoms with E-state index in [0.29, 0.717) is 16.4 Å². The van der Waals surface area contributed by atoms with Crippen LogP contribution in [0.4, 0.5) is 5.69 Å². The number of hydrogen-bond acceptors (Lipinski definition) is 6. The molecule has 1 aromatic heterocycles. The first-order chi connectivity index (χ1) is 10.6. The van der Waals surface area contributed by atoms with Gasteiger partial charge in [-0.25, -0.2) is 4.79 Å². The fourth-order valence-electron chi connectivity index (χ4n) is 1.71. The SMILES string of the molecule is CCn1cnnc1SCC(=O)Nc1ccc(C(=O)OC)cc1. The smallest absolute Gasteiger partial charge is 0.337 e. The maximum Gasteiger partial charge on any atom is 0.337 e. The van der Waals surface area contributed by atoms with Crippen molar-refractivity contribution in [3.63, 3.8) is 0 Å². The molecule has 0 unspecified atom stereocenters. The van der Waals surface area contributed by atoms with Crippen molar-refractivity contribution in [3.05, 3.63) is 36.2 Å². The second-order valence-electron chi connectivity index (χ2n) is 4.31. The van der Waals surface area contributed by atoms with Gasteiger partial charge in [-0.3, -0.25) is 4.79 Å². The van der Waals surface area contributed by atoms with Gasteiger partial charge in [-0.05, 0) is 31.2 Å². The number of rotatable bonds is 6. The molecule has 0 aliphatic rings. The van der Waals surface area contributed by atoms with Crippen LogP contribution in [0.1, 0.15) is 17.3 Å². The molecule has 0 fully saturated rings. The number of nitrogens with one attached hydrogen (secondary N) is 1. The fraction of sp³-hybridized carbons (Fsp3) is 0.286. The highest BCUT2D eigenvalue weighted by atomic mass is 32.2. The second kappa shape index (κ2) is 7.60.